The van der Waals surface area contributed by atoms with Crippen LogP contribution in [-0.2, 0) is 14.3 Å². The lowest BCUT2D eigenvalue weighted by molar-refractivity contribution is -0.142. The Morgan fingerprint density at radius 3 is 2.87 bits per heavy atom. The van der Waals surface area contributed by atoms with E-state index in [9.17, 15) is 9.59 Å². The summed E-state index contributed by atoms with van der Waals surface area (Å²) in [5, 5.41) is 2.67. The lowest BCUT2D eigenvalue weighted by Crippen LogP contribution is -2.20. The number of carbonyl (C=O) groups excluding carboxylic acids is 2. The van der Waals surface area contributed by atoms with Crippen LogP contribution >= 0.6 is 27.5 Å². The average molecular weight is 396 g/mol. The molecule has 0 unspecified atom stereocenters. The van der Waals surface area contributed by atoms with E-state index in [-0.39, 0.29) is 5.15 Å². The Balaban J connectivity index is 1.82. The normalized spacial score (nSPS) is 10.5. The van der Waals surface area contributed by atoms with Gasteiger partial charge in [-0.05, 0) is 35.9 Å². The van der Waals surface area contributed by atoms with Gasteiger partial charge in [0.2, 0.25) is 0 Å². The van der Waals surface area contributed by atoms with Crippen molar-refractivity contribution >= 4 is 51.2 Å². The van der Waals surface area contributed by atoms with E-state index >= 15 is 0 Å². The first kappa shape index (κ1) is 17.2. The van der Waals surface area contributed by atoms with E-state index in [1.807, 2.05) is 24.3 Å². The lowest BCUT2D eigenvalue weighted by Gasteiger charge is -2.06. The van der Waals surface area contributed by atoms with Gasteiger partial charge in [0.1, 0.15) is 0 Å². The maximum atomic E-state index is 11.7. The summed E-state index contributed by atoms with van der Waals surface area (Å²) in [5.41, 5.74) is 1.20. The second-order valence-corrected chi connectivity index (χ2v) is 5.66. The number of anilines is 1. The number of pyridine rings is 1. The van der Waals surface area contributed by atoms with Gasteiger partial charge in [-0.15, -0.1) is 0 Å². The standard InChI is InChI=1S/C16H12BrClN2O3/c17-12-4-1-3-11(9-12)6-7-15(22)23-10-14(21)20-13-5-2-8-19-16(13)18/h1-9H,10H2,(H,20,21)/b7-6+. The zero-order chi connectivity index (χ0) is 16.7. The Hall–Kier alpha value is -2.18. The molecule has 1 amide bonds. The maximum absolute atomic E-state index is 11.7. The van der Waals surface area contributed by atoms with Crippen molar-refractivity contribution in [2.75, 3.05) is 11.9 Å². The summed E-state index contributed by atoms with van der Waals surface area (Å²) >= 11 is 9.15. The van der Waals surface area contributed by atoms with Gasteiger partial charge < -0.3 is 10.1 Å². The van der Waals surface area contributed by atoms with E-state index in [0.29, 0.717) is 5.69 Å². The van der Waals surface area contributed by atoms with E-state index in [0.717, 1.165) is 10.0 Å². The van der Waals surface area contributed by atoms with Crippen LogP contribution in [0.2, 0.25) is 5.15 Å². The van der Waals surface area contributed by atoms with Gasteiger partial charge in [-0.1, -0.05) is 39.7 Å². The molecule has 0 fully saturated rings. The number of hydrogen-bond donors (Lipinski definition) is 1. The molecule has 0 aliphatic carbocycles. The highest BCUT2D eigenvalue weighted by Gasteiger charge is 2.08. The summed E-state index contributed by atoms with van der Waals surface area (Å²) in [5.74, 6) is -1.11. The Morgan fingerprint density at radius 2 is 2.13 bits per heavy atom. The Morgan fingerprint density at radius 1 is 1.30 bits per heavy atom. The SMILES string of the molecule is O=C(COC(=O)/C=C/c1cccc(Br)c1)Nc1cccnc1Cl. The smallest absolute Gasteiger partial charge is 0.331 e. The van der Waals surface area contributed by atoms with Crippen molar-refractivity contribution in [2.24, 2.45) is 0 Å². The van der Waals surface area contributed by atoms with Crippen molar-refractivity contribution < 1.29 is 14.3 Å². The minimum atomic E-state index is -0.614. The van der Waals surface area contributed by atoms with Gasteiger partial charge in [0.25, 0.3) is 5.91 Å². The molecule has 0 saturated carbocycles. The van der Waals surface area contributed by atoms with Crippen LogP contribution in [0.25, 0.3) is 6.08 Å². The summed E-state index contributed by atoms with van der Waals surface area (Å²) in [6.07, 6.45) is 4.36. The minimum absolute atomic E-state index is 0.168. The maximum Gasteiger partial charge on any atom is 0.331 e. The second-order valence-electron chi connectivity index (χ2n) is 4.39. The molecule has 1 aromatic carbocycles. The van der Waals surface area contributed by atoms with E-state index < -0.39 is 18.5 Å². The van der Waals surface area contributed by atoms with E-state index in [1.54, 1.807) is 18.2 Å². The molecule has 7 heteroatoms. The molecule has 2 aromatic rings. The predicted octanol–water partition coefficient (Wildman–Crippen LogP) is 3.69. The van der Waals surface area contributed by atoms with Crippen LogP contribution in [0.1, 0.15) is 5.56 Å². The Bertz CT molecular complexity index is 750. The fraction of sp³-hybridized carbons (Fsp3) is 0.0625. The zero-order valence-electron chi connectivity index (χ0n) is 11.8. The summed E-state index contributed by atoms with van der Waals surface area (Å²) < 4.78 is 5.76. The largest absolute Gasteiger partial charge is 0.452 e. The van der Waals surface area contributed by atoms with Crippen molar-refractivity contribution in [1.82, 2.24) is 4.98 Å². The van der Waals surface area contributed by atoms with Crippen LogP contribution in [0.5, 0.6) is 0 Å². The fourth-order valence-electron chi connectivity index (χ4n) is 1.62. The van der Waals surface area contributed by atoms with E-state index in [2.05, 4.69) is 26.2 Å². The Kier molecular flexibility index (Phi) is 6.31. The van der Waals surface area contributed by atoms with Crippen molar-refractivity contribution in [3.8, 4) is 0 Å². The number of carbonyl (C=O) groups is 2. The molecular weight excluding hydrogens is 384 g/mol. The number of nitrogens with one attached hydrogen (secondary N) is 1. The van der Waals surface area contributed by atoms with Crippen LogP contribution < -0.4 is 5.32 Å². The molecule has 23 heavy (non-hydrogen) atoms. The van der Waals surface area contributed by atoms with Crippen LogP contribution in [0.3, 0.4) is 0 Å². The van der Waals surface area contributed by atoms with Gasteiger partial charge >= 0.3 is 5.97 Å². The summed E-state index contributed by atoms with van der Waals surface area (Å²) in [6.45, 7) is -0.410. The third-order valence-electron chi connectivity index (χ3n) is 2.64. The number of hydrogen-bond acceptors (Lipinski definition) is 4. The number of amides is 1. The molecule has 0 atom stereocenters. The number of nitrogens with zero attached hydrogens (tertiary/aromatic N) is 1. The molecular formula is C16H12BrClN2O3. The van der Waals surface area contributed by atoms with Crippen LogP contribution in [-0.4, -0.2) is 23.5 Å². The molecule has 0 radical (unpaired) electrons. The number of halogens is 2. The highest BCUT2D eigenvalue weighted by Crippen LogP contribution is 2.17. The zero-order valence-corrected chi connectivity index (χ0v) is 14.2. The molecule has 0 aliphatic heterocycles. The predicted molar refractivity (Wildman–Crippen MR) is 92.0 cm³/mol. The topological polar surface area (TPSA) is 68.3 Å². The van der Waals surface area contributed by atoms with Crippen molar-refractivity contribution in [3.05, 3.63) is 63.9 Å². The molecule has 5 nitrogen and oxygen atoms in total. The molecule has 0 bridgehead atoms. The molecule has 0 saturated heterocycles. The Labute approximate surface area is 146 Å². The van der Waals surface area contributed by atoms with Gasteiger partial charge in [-0.25, -0.2) is 9.78 Å². The summed E-state index contributed by atoms with van der Waals surface area (Å²) in [4.78, 5) is 27.1. The van der Waals surface area contributed by atoms with Crippen molar-refractivity contribution in [3.63, 3.8) is 0 Å². The molecule has 1 heterocycles. The summed E-state index contributed by atoms with van der Waals surface area (Å²) in [7, 11) is 0. The number of aromatic nitrogens is 1. The lowest BCUT2D eigenvalue weighted by atomic mass is 10.2. The third-order valence-corrected chi connectivity index (χ3v) is 3.43. The highest BCUT2D eigenvalue weighted by atomic mass is 79.9. The second kappa shape index (κ2) is 8.45. The highest BCUT2D eigenvalue weighted by molar-refractivity contribution is 9.10. The quantitative estimate of drug-likeness (QED) is 0.476. The van der Waals surface area contributed by atoms with Gasteiger partial charge in [-0.3, -0.25) is 4.79 Å². The average Bonchev–Trinajstić information content (AvgIpc) is 2.53. The van der Waals surface area contributed by atoms with E-state index in [1.165, 1.54) is 12.3 Å². The minimum Gasteiger partial charge on any atom is -0.452 e. The van der Waals surface area contributed by atoms with Crippen LogP contribution in [0, 0.1) is 0 Å². The van der Waals surface area contributed by atoms with Gasteiger partial charge in [0.15, 0.2) is 11.8 Å². The third kappa shape index (κ3) is 5.84. The number of esters is 1. The fourth-order valence-corrected chi connectivity index (χ4v) is 2.21. The summed E-state index contributed by atoms with van der Waals surface area (Å²) in [6, 6.07) is 10.6. The first-order valence-corrected chi connectivity index (χ1v) is 7.72. The molecule has 0 aliphatic rings. The number of rotatable bonds is 5. The number of benzene rings is 1. The van der Waals surface area contributed by atoms with Crippen LogP contribution in [0.4, 0.5) is 5.69 Å². The van der Waals surface area contributed by atoms with Gasteiger partial charge in [0.05, 0.1) is 5.69 Å². The molecule has 2 rings (SSSR count). The molecule has 0 spiro atoms. The molecule has 118 valence electrons. The number of ether oxygens (including phenoxy) is 1. The van der Waals surface area contributed by atoms with Crippen molar-refractivity contribution in [2.45, 2.75) is 0 Å². The first-order valence-electron chi connectivity index (χ1n) is 6.55. The first-order chi connectivity index (χ1) is 11.0. The van der Waals surface area contributed by atoms with Crippen molar-refractivity contribution in [1.29, 1.82) is 0 Å². The van der Waals surface area contributed by atoms with Crippen LogP contribution in [0.15, 0.2) is 53.1 Å². The molecule has 1 N–H and O–H groups in total. The van der Waals surface area contributed by atoms with Gasteiger partial charge in [-0.2, -0.15) is 0 Å². The monoisotopic (exact) mass is 394 g/mol. The van der Waals surface area contributed by atoms with E-state index in [4.69, 9.17) is 16.3 Å². The molecule has 1 aromatic heterocycles. The van der Waals surface area contributed by atoms with Gasteiger partial charge in [0, 0.05) is 16.7 Å².